The molecule has 0 N–H and O–H groups in total. The highest BCUT2D eigenvalue weighted by Crippen LogP contribution is 2.22. The van der Waals surface area contributed by atoms with Crippen molar-refractivity contribution in [2.24, 2.45) is 0 Å². The van der Waals surface area contributed by atoms with Crippen molar-refractivity contribution in [3.8, 4) is 5.69 Å². The largest absolute Gasteiger partial charge is 0.368 e. The van der Waals surface area contributed by atoms with E-state index in [1.165, 1.54) is 4.68 Å². The lowest BCUT2D eigenvalue weighted by molar-refractivity contribution is 0.0741. The summed E-state index contributed by atoms with van der Waals surface area (Å²) in [6.45, 7) is 2.52. The van der Waals surface area contributed by atoms with Gasteiger partial charge in [-0.25, -0.2) is 0 Å². The van der Waals surface area contributed by atoms with E-state index >= 15 is 0 Å². The number of halogens is 1. The number of para-hydroxylation sites is 1. The van der Waals surface area contributed by atoms with Crippen molar-refractivity contribution in [3.63, 3.8) is 0 Å². The first-order valence-corrected chi connectivity index (χ1v) is 10.9. The van der Waals surface area contributed by atoms with E-state index in [0.717, 1.165) is 5.69 Å². The number of nitrogens with zero attached hydrogens (tertiary/aromatic N) is 4. The lowest BCUT2D eigenvalue weighted by atomic mass is 10.1. The van der Waals surface area contributed by atoms with Crippen LogP contribution in [0.1, 0.15) is 10.5 Å². The highest BCUT2D eigenvalue weighted by Gasteiger charge is 2.26. The summed E-state index contributed by atoms with van der Waals surface area (Å²) in [5.74, 6) is -0.170. The lowest BCUT2D eigenvalue weighted by Crippen LogP contribution is -2.49. The molecule has 1 fully saturated rings. The van der Waals surface area contributed by atoms with Gasteiger partial charge in [-0.05, 0) is 36.4 Å². The summed E-state index contributed by atoms with van der Waals surface area (Å²) >= 11 is 6.13. The first-order chi connectivity index (χ1) is 15.6. The minimum atomic E-state index is -0.242. The van der Waals surface area contributed by atoms with E-state index in [9.17, 15) is 9.59 Å². The summed E-state index contributed by atoms with van der Waals surface area (Å²) in [7, 11) is 0. The maximum Gasteiger partial charge on any atom is 0.279 e. The standard InChI is InChI=1S/C25H21ClN4O2/c26-18-7-6-10-20(17-18)28-13-15-29(16-14-28)25(32)23-21-11-4-5-12-22(21)24(31)30(27-23)19-8-2-1-3-9-19/h1-12,17H,13-16H2. The Kier molecular flexibility index (Phi) is 5.37. The highest BCUT2D eigenvalue weighted by atomic mass is 35.5. The van der Waals surface area contributed by atoms with E-state index in [1.54, 1.807) is 35.2 Å². The van der Waals surface area contributed by atoms with E-state index in [0.29, 0.717) is 53.4 Å². The minimum absolute atomic E-state index is 0.170. The van der Waals surface area contributed by atoms with Gasteiger partial charge in [-0.15, -0.1) is 0 Å². The Bertz CT molecular complexity index is 1350. The van der Waals surface area contributed by atoms with Gasteiger partial charge in [0.05, 0.1) is 11.1 Å². The Balaban J connectivity index is 1.48. The minimum Gasteiger partial charge on any atom is -0.368 e. The molecule has 0 unspecified atom stereocenters. The van der Waals surface area contributed by atoms with Crippen LogP contribution >= 0.6 is 11.6 Å². The van der Waals surface area contributed by atoms with E-state index in [1.807, 2.05) is 48.5 Å². The van der Waals surface area contributed by atoms with Gasteiger partial charge in [0.1, 0.15) is 0 Å². The van der Waals surface area contributed by atoms with Gasteiger partial charge < -0.3 is 9.80 Å². The number of amides is 1. The smallest absolute Gasteiger partial charge is 0.279 e. The zero-order valence-corrected chi connectivity index (χ0v) is 18.1. The number of piperazine rings is 1. The predicted molar refractivity (Wildman–Crippen MR) is 127 cm³/mol. The predicted octanol–water partition coefficient (Wildman–Crippen LogP) is 4.00. The molecule has 1 aliphatic heterocycles. The molecule has 0 atom stereocenters. The molecule has 7 heteroatoms. The molecule has 1 aliphatic rings. The molecule has 0 radical (unpaired) electrons. The van der Waals surface area contributed by atoms with Crippen LogP contribution in [-0.2, 0) is 0 Å². The third-order valence-electron chi connectivity index (χ3n) is 5.75. The second-order valence-corrected chi connectivity index (χ2v) is 8.14. The van der Waals surface area contributed by atoms with Crippen molar-refractivity contribution in [1.82, 2.24) is 14.7 Å². The Hall–Kier alpha value is -3.64. The van der Waals surface area contributed by atoms with Gasteiger partial charge in [0.25, 0.3) is 11.5 Å². The molecule has 1 aromatic heterocycles. The average molecular weight is 445 g/mol. The molecule has 1 saturated heterocycles. The monoisotopic (exact) mass is 444 g/mol. The Labute approximate surface area is 190 Å². The van der Waals surface area contributed by atoms with Gasteiger partial charge in [0.2, 0.25) is 0 Å². The fourth-order valence-corrected chi connectivity index (χ4v) is 4.27. The molecule has 160 valence electrons. The highest BCUT2D eigenvalue weighted by molar-refractivity contribution is 6.30. The Morgan fingerprint density at radius 2 is 1.44 bits per heavy atom. The van der Waals surface area contributed by atoms with Gasteiger partial charge in [-0.3, -0.25) is 9.59 Å². The van der Waals surface area contributed by atoms with E-state index < -0.39 is 0 Å². The summed E-state index contributed by atoms with van der Waals surface area (Å²) in [6.07, 6.45) is 0. The summed E-state index contributed by atoms with van der Waals surface area (Å²) in [5.41, 5.74) is 1.73. The number of hydrogen-bond acceptors (Lipinski definition) is 4. The van der Waals surface area contributed by atoms with Gasteiger partial charge in [-0.2, -0.15) is 9.78 Å². The summed E-state index contributed by atoms with van der Waals surface area (Å²) in [6, 6.07) is 24.1. The molecule has 2 heterocycles. The third-order valence-corrected chi connectivity index (χ3v) is 5.98. The molecule has 3 aromatic carbocycles. The first kappa shape index (κ1) is 20.3. The van der Waals surface area contributed by atoms with E-state index in [2.05, 4.69) is 10.00 Å². The first-order valence-electron chi connectivity index (χ1n) is 10.5. The van der Waals surface area contributed by atoms with Crippen LogP contribution in [0.25, 0.3) is 16.5 Å². The van der Waals surface area contributed by atoms with Crippen LogP contribution in [0.5, 0.6) is 0 Å². The zero-order chi connectivity index (χ0) is 22.1. The fraction of sp³-hybridized carbons (Fsp3) is 0.160. The van der Waals surface area contributed by atoms with Gasteiger partial charge in [0, 0.05) is 42.3 Å². The molecule has 5 rings (SSSR count). The number of hydrogen-bond donors (Lipinski definition) is 0. The second-order valence-electron chi connectivity index (χ2n) is 7.71. The number of anilines is 1. The zero-order valence-electron chi connectivity index (χ0n) is 17.3. The molecule has 32 heavy (non-hydrogen) atoms. The van der Waals surface area contributed by atoms with Crippen LogP contribution in [0.4, 0.5) is 5.69 Å². The molecule has 0 aliphatic carbocycles. The third kappa shape index (κ3) is 3.74. The van der Waals surface area contributed by atoms with Crippen LogP contribution in [0.3, 0.4) is 0 Å². The molecular weight excluding hydrogens is 424 g/mol. The maximum absolute atomic E-state index is 13.5. The second kappa shape index (κ2) is 8.48. The van der Waals surface area contributed by atoms with Gasteiger partial charge >= 0.3 is 0 Å². The molecular formula is C25H21ClN4O2. The lowest BCUT2D eigenvalue weighted by Gasteiger charge is -2.36. The van der Waals surface area contributed by atoms with Gasteiger partial charge in [-0.1, -0.05) is 54.1 Å². The molecule has 6 nitrogen and oxygen atoms in total. The van der Waals surface area contributed by atoms with Crippen molar-refractivity contribution in [1.29, 1.82) is 0 Å². The van der Waals surface area contributed by atoms with Crippen molar-refractivity contribution in [3.05, 3.63) is 99.9 Å². The number of fused-ring (bicyclic) bond motifs is 1. The van der Waals surface area contributed by atoms with Gasteiger partial charge in [0.15, 0.2) is 5.69 Å². The average Bonchev–Trinajstić information content (AvgIpc) is 2.85. The van der Waals surface area contributed by atoms with Crippen LogP contribution in [0.2, 0.25) is 5.02 Å². The van der Waals surface area contributed by atoms with Crippen molar-refractivity contribution >= 4 is 34.0 Å². The molecule has 4 aromatic rings. The Morgan fingerprint density at radius 1 is 0.781 bits per heavy atom. The van der Waals surface area contributed by atoms with Crippen molar-refractivity contribution in [2.45, 2.75) is 0 Å². The van der Waals surface area contributed by atoms with Crippen LogP contribution in [0.15, 0.2) is 83.7 Å². The molecule has 0 bridgehead atoms. The van der Waals surface area contributed by atoms with Crippen LogP contribution in [-0.4, -0.2) is 46.8 Å². The summed E-state index contributed by atoms with van der Waals surface area (Å²) in [4.78, 5) is 30.6. The molecule has 1 amide bonds. The SMILES string of the molecule is O=C(c1nn(-c2ccccc2)c(=O)c2ccccc12)N1CCN(c2cccc(Cl)c2)CC1. The maximum atomic E-state index is 13.5. The Morgan fingerprint density at radius 3 is 2.16 bits per heavy atom. The number of carbonyl (C=O) groups excluding carboxylic acids is 1. The van der Waals surface area contributed by atoms with Crippen molar-refractivity contribution < 1.29 is 4.79 Å². The number of rotatable bonds is 3. The van der Waals surface area contributed by atoms with Crippen LogP contribution < -0.4 is 10.5 Å². The number of aromatic nitrogens is 2. The topological polar surface area (TPSA) is 58.4 Å². The van der Waals surface area contributed by atoms with E-state index in [4.69, 9.17) is 11.6 Å². The number of benzene rings is 3. The van der Waals surface area contributed by atoms with Crippen molar-refractivity contribution in [2.75, 3.05) is 31.1 Å². The normalized spacial score (nSPS) is 14.0. The summed E-state index contributed by atoms with van der Waals surface area (Å²) in [5, 5.41) is 6.27. The van der Waals surface area contributed by atoms with Crippen LogP contribution in [0, 0.1) is 0 Å². The summed E-state index contributed by atoms with van der Waals surface area (Å²) < 4.78 is 1.32. The number of carbonyl (C=O) groups is 1. The fourth-order valence-electron chi connectivity index (χ4n) is 4.08. The molecule has 0 spiro atoms. The van der Waals surface area contributed by atoms with E-state index in [-0.39, 0.29) is 11.5 Å². The molecule has 0 saturated carbocycles. The quantitative estimate of drug-likeness (QED) is 0.479.